The lowest BCUT2D eigenvalue weighted by atomic mass is 9.71. The Morgan fingerprint density at radius 3 is 0.955 bits per heavy atom. The maximum Gasteiger partial charge on any atom is 0.124 e. The number of phenols is 4. The van der Waals surface area contributed by atoms with Gasteiger partial charge < -0.3 is 29.9 Å². The maximum atomic E-state index is 11.0. The normalized spacial score (nSPS) is 11.6. The number of methoxy groups -OCH3 is 2. The zero-order valence-electron chi connectivity index (χ0n) is 27.2. The Morgan fingerprint density at radius 1 is 0.455 bits per heavy atom. The van der Waals surface area contributed by atoms with Gasteiger partial charge in [0, 0.05) is 37.2 Å². The van der Waals surface area contributed by atoms with E-state index in [0.29, 0.717) is 35.5 Å². The first kappa shape index (κ1) is 32.9. The summed E-state index contributed by atoms with van der Waals surface area (Å²) in [5.74, 6) is 0.456. The lowest BCUT2D eigenvalue weighted by Gasteiger charge is -2.32. The number of rotatable bonds is 11. The van der Waals surface area contributed by atoms with E-state index in [1.54, 1.807) is 14.2 Å². The van der Waals surface area contributed by atoms with Crippen molar-refractivity contribution in [3.8, 4) is 23.0 Å². The molecule has 0 aromatic heterocycles. The summed E-state index contributed by atoms with van der Waals surface area (Å²) in [6, 6.07) is 16.3. The van der Waals surface area contributed by atoms with E-state index in [1.165, 1.54) is 0 Å². The van der Waals surface area contributed by atoms with Gasteiger partial charge in [0.05, 0.1) is 13.2 Å². The third-order valence-corrected chi connectivity index (χ3v) is 8.74. The Morgan fingerprint density at radius 2 is 0.705 bits per heavy atom. The summed E-state index contributed by atoms with van der Waals surface area (Å²) in [6.45, 7) is 12.2. The highest BCUT2D eigenvalue weighted by Gasteiger charge is 2.32. The summed E-state index contributed by atoms with van der Waals surface area (Å²) in [4.78, 5) is 0. The Labute approximate surface area is 261 Å². The minimum Gasteiger partial charge on any atom is -0.507 e. The van der Waals surface area contributed by atoms with E-state index in [2.05, 4.69) is 12.1 Å². The third-order valence-electron chi connectivity index (χ3n) is 8.74. The van der Waals surface area contributed by atoms with Crippen LogP contribution in [0.1, 0.15) is 92.4 Å². The monoisotopic (exact) mass is 598 g/mol. The average molecular weight is 599 g/mol. The predicted octanol–water partition coefficient (Wildman–Crippen LogP) is 8.12. The van der Waals surface area contributed by atoms with E-state index in [0.717, 1.165) is 55.6 Å². The van der Waals surface area contributed by atoms with Crippen LogP contribution in [0.2, 0.25) is 0 Å². The highest BCUT2D eigenvalue weighted by atomic mass is 16.5. The molecule has 0 heterocycles. The van der Waals surface area contributed by atoms with E-state index in [4.69, 9.17) is 9.47 Å². The predicted molar refractivity (Wildman–Crippen MR) is 175 cm³/mol. The molecule has 234 valence electrons. The third kappa shape index (κ3) is 6.42. The maximum absolute atomic E-state index is 11.0. The van der Waals surface area contributed by atoms with Crippen molar-refractivity contribution < 1.29 is 29.9 Å². The summed E-state index contributed by atoms with van der Waals surface area (Å²) in [6.07, 6.45) is 1.33. The Hall–Kier alpha value is -4.00. The van der Waals surface area contributed by atoms with Gasteiger partial charge >= 0.3 is 0 Å². The molecule has 0 atom stereocenters. The lowest BCUT2D eigenvalue weighted by Crippen LogP contribution is -2.17. The van der Waals surface area contributed by atoms with Crippen LogP contribution in [0.4, 0.5) is 0 Å². The van der Waals surface area contributed by atoms with E-state index >= 15 is 0 Å². The number of benzene rings is 4. The number of aromatic hydroxyl groups is 4. The van der Waals surface area contributed by atoms with Gasteiger partial charge in [-0.3, -0.25) is 0 Å². The van der Waals surface area contributed by atoms with Crippen LogP contribution in [0.25, 0.3) is 0 Å². The summed E-state index contributed by atoms with van der Waals surface area (Å²) >= 11 is 0. The molecule has 6 heteroatoms. The molecule has 0 unspecified atom stereocenters. The van der Waals surface area contributed by atoms with E-state index < -0.39 is 0 Å². The van der Waals surface area contributed by atoms with Gasteiger partial charge in [-0.15, -0.1) is 0 Å². The first-order chi connectivity index (χ1) is 20.9. The second-order valence-electron chi connectivity index (χ2n) is 11.9. The smallest absolute Gasteiger partial charge is 0.124 e. The van der Waals surface area contributed by atoms with E-state index in [-0.39, 0.29) is 36.5 Å². The van der Waals surface area contributed by atoms with Gasteiger partial charge in [0.25, 0.3) is 0 Å². The summed E-state index contributed by atoms with van der Waals surface area (Å²) in [5, 5.41) is 43.8. The van der Waals surface area contributed by atoms with Crippen molar-refractivity contribution in [1.82, 2.24) is 0 Å². The molecule has 6 nitrogen and oxygen atoms in total. The summed E-state index contributed by atoms with van der Waals surface area (Å²) < 4.78 is 10.9. The van der Waals surface area contributed by atoms with Gasteiger partial charge in [0.2, 0.25) is 0 Å². The molecule has 0 radical (unpaired) electrons. The second-order valence-corrected chi connectivity index (χ2v) is 11.9. The summed E-state index contributed by atoms with van der Waals surface area (Å²) in [5.41, 5.74) is 10.1. The van der Waals surface area contributed by atoms with Crippen molar-refractivity contribution in [2.45, 2.75) is 79.4 Å². The van der Waals surface area contributed by atoms with Gasteiger partial charge in [-0.25, -0.2) is 0 Å². The van der Waals surface area contributed by atoms with Crippen LogP contribution in [-0.2, 0) is 35.5 Å². The fourth-order valence-electron chi connectivity index (χ4n) is 6.47. The molecule has 0 amide bonds. The average Bonchev–Trinajstić information content (AvgIpc) is 2.99. The molecule has 0 aliphatic rings. The molecule has 4 aromatic carbocycles. The number of aryl methyl sites for hydroxylation is 6. The Bertz CT molecular complexity index is 1530. The molecule has 0 saturated heterocycles. The fourth-order valence-corrected chi connectivity index (χ4v) is 6.47. The molecule has 0 aliphatic carbocycles. The van der Waals surface area contributed by atoms with Crippen LogP contribution in [0.5, 0.6) is 23.0 Å². The summed E-state index contributed by atoms with van der Waals surface area (Å²) in [7, 11) is 3.22. The van der Waals surface area contributed by atoms with Crippen LogP contribution >= 0.6 is 0 Å². The molecule has 44 heavy (non-hydrogen) atoms. The molecule has 0 bridgehead atoms. The number of ether oxygens (including phenoxy) is 2. The molecule has 4 rings (SSSR count). The Kier molecular flexibility index (Phi) is 10.3. The quantitative estimate of drug-likeness (QED) is 0.139. The molecule has 0 aliphatic heterocycles. The van der Waals surface area contributed by atoms with Crippen LogP contribution in [0.3, 0.4) is 0 Å². The minimum absolute atomic E-state index is 0.204. The number of hydrogen-bond acceptors (Lipinski definition) is 6. The van der Waals surface area contributed by atoms with Gasteiger partial charge in [-0.2, -0.15) is 0 Å². The van der Waals surface area contributed by atoms with E-state index in [9.17, 15) is 20.4 Å². The van der Waals surface area contributed by atoms with Gasteiger partial charge in [0.1, 0.15) is 23.0 Å². The van der Waals surface area contributed by atoms with Gasteiger partial charge in [-0.1, -0.05) is 50.2 Å². The van der Waals surface area contributed by atoms with Crippen LogP contribution in [-0.4, -0.2) is 34.6 Å². The van der Waals surface area contributed by atoms with Crippen molar-refractivity contribution >= 4 is 0 Å². The number of phenolic OH excluding ortho intramolecular Hbond substituents is 4. The van der Waals surface area contributed by atoms with Crippen LogP contribution in [0, 0.1) is 27.7 Å². The lowest BCUT2D eigenvalue weighted by molar-refractivity contribution is 0.181. The molecule has 4 N–H and O–H groups in total. The Balaban J connectivity index is 2.18. The highest BCUT2D eigenvalue weighted by Crippen LogP contribution is 2.48. The fraction of sp³-hybridized carbons (Fsp3) is 0.368. The van der Waals surface area contributed by atoms with Crippen molar-refractivity contribution in [2.75, 3.05) is 14.2 Å². The highest BCUT2D eigenvalue weighted by molar-refractivity contribution is 5.56. The molecular formula is C38H46O6. The SMILES string of the molecule is CCc1cc(C(c2cc(C)c(O)c(CC)c2)C(c2cc(C)c(O)c(COC)c2)c2cc(C)c(O)c(COC)c2)cc(C)c1O. The minimum atomic E-state index is -0.290. The van der Waals surface area contributed by atoms with Crippen molar-refractivity contribution in [2.24, 2.45) is 0 Å². The zero-order chi connectivity index (χ0) is 32.3. The molecule has 4 aromatic rings. The van der Waals surface area contributed by atoms with Gasteiger partial charge in [0.15, 0.2) is 0 Å². The topological polar surface area (TPSA) is 99.4 Å². The largest absolute Gasteiger partial charge is 0.507 e. The second kappa shape index (κ2) is 13.7. The van der Waals surface area contributed by atoms with Crippen molar-refractivity contribution in [3.05, 3.63) is 115 Å². The standard InChI is InChI=1S/C38H46O6/c1-9-25-15-27(11-21(3)35(25)39)33(28-12-22(4)36(40)26(10-2)16-28)34(29-13-23(5)37(41)31(17-29)19-43-7)30-14-24(6)38(42)32(18-30)20-44-8/h11-18,33-34,39-42H,9-10,19-20H2,1-8H3. The van der Waals surface area contributed by atoms with E-state index in [1.807, 2.05) is 77.9 Å². The van der Waals surface area contributed by atoms with Crippen LogP contribution in [0.15, 0.2) is 48.5 Å². The van der Waals surface area contributed by atoms with Crippen molar-refractivity contribution in [1.29, 1.82) is 0 Å². The number of hydrogen-bond donors (Lipinski definition) is 4. The van der Waals surface area contributed by atoms with Crippen LogP contribution < -0.4 is 0 Å². The molecular weight excluding hydrogens is 552 g/mol. The first-order valence-corrected chi connectivity index (χ1v) is 15.2. The molecule has 0 saturated carbocycles. The molecule has 0 spiro atoms. The molecule has 0 fully saturated rings. The van der Waals surface area contributed by atoms with Crippen molar-refractivity contribution in [3.63, 3.8) is 0 Å². The zero-order valence-corrected chi connectivity index (χ0v) is 27.2. The first-order valence-electron chi connectivity index (χ1n) is 15.2. The van der Waals surface area contributed by atoms with Gasteiger partial charge in [-0.05, 0) is 108 Å².